The van der Waals surface area contributed by atoms with Crippen molar-refractivity contribution in [1.82, 2.24) is 4.90 Å². The standard InChI is InChI=1S/C18H23NO4S/c1-4-23-17-13-11(9-18(2,3)12(10-20)14(13)21)15(24-17)16(22)19-7-5-6-8-19/h10,20H,4-9H2,1-3H3. The van der Waals surface area contributed by atoms with Crippen LogP contribution in [-0.4, -0.2) is 41.4 Å². The number of nitrogens with zero attached hydrogens (tertiary/aromatic N) is 1. The molecule has 0 unspecified atom stereocenters. The Hall–Kier alpha value is -1.82. The number of aliphatic hydroxyl groups excluding tert-OH is 1. The van der Waals surface area contributed by atoms with Crippen LogP contribution in [0.3, 0.4) is 0 Å². The molecule has 2 heterocycles. The van der Waals surface area contributed by atoms with Gasteiger partial charge in [-0.25, -0.2) is 0 Å². The van der Waals surface area contributed by atoms with Crippen molar-refractivity contribution in [3.05, 3.63) is 27.8 Å². The van der Waals surface area contributed by atoms with Crippen LogP contribution < -0.4 is 4.74 Å². The molecule has 1 amide bonds. The topological polar surface area (TPSA) is 66.8 Å². The normalized spacial score (nSPS) is 21.2. The predicted molar refractivity (Wildman–Crippen MR) is 93.2 cm³/mol. The lowest BCUT2D eigenvalue weighted by Crippen LogP contribution is -2.33. The van der Waals surface area contributed by atoms with Gasteiger partial charge < -0.3 is 14.7 Å². The van der Waals surface area contributed by atoms with Crippen molar-refractivity contribution in [3.63, 3.8) is 0 Å². The highest BCUT2D eigenvalue weighted by atomic mass is 32.1. The Morgan fingerprint density at radius 1 is 1.38 bits per heavy atom. The molecular weight excluding hydrogens is 326 g/mol. The molecule has 2 aliphatic rings. The van der Waals surface area contributed by atoms with Crippen molar-refractivity contribution < 1.29 is 19.4 Å². The highest BCUT2D eigenvalue weighted by Crippen LogP contribution is 2.47. The van der Waals surface area contributed by atoms with E-state index >= 15 is 0 Å². The van der Waals surface area contributed by atoms with Gasteiger partial charge in [-0.3, -0.25) is 9.59 Å². The molecule has 0 saturated carbocycles. The lowest BCUT2D eigenvalue weighted by Gasteiger charge is -2.31. The van der Waals surface area contributed by atoms with E-state index in [2.05, 4.69) is 0 Å². The Kier molecular flexibility index (Phi) is 4.42. The van der Waals surface area contributed by atoms with E-state index in [0.717, 1.165) is 37.8 Å². The first-order chi connectivity index (χ1) is 11.4. The monoisotopic (exact) mass is 349 g/mol. The number of carbonyl (C=O) groups excluding carboxylic acids is 2. The highest BCUT2D eigenvalue weighted by molar-refractivity contribution is 7.16. The van der Waals surface area contributed by atoms with Crippen LogP contribution >= 0.6 is 11.3 Å². The molecule has 0 atom stereocenters. The molecule has 24 heavy (non-hydrogen) atoms. The second kappa shape index (κ2) is 6.24. The van der Waals surface area contributed by atoms with Gasteiger partial charge in [-0.1, -0.05) is 25.2 Å². The van der Waals surface area contributed by atoms with Crippen molar-refractivity contribution in [1.29, 1.82) is 0 Å². The molecular formula is C18H23NO4S. The van der Waals surface area contributed by atoms with Gasteiger partial charge in [0.2, 0.25) is 0 Å². The number of amides is 1. The summed E-state index contributed by atoms with van der Waals surface area (Å²) in [5.41, 5.74) is 1.10. The van der Waals surface area contributed by atoms with Crippen LogP contribution in [-0.2, 0) is 6.42 Å². The van der Waals surface area contributed by atoms with Crippen LogP contribution in [0.1, 0.15) is 59.2 Å². The summed E-state index contributed by atoms with van der Waals surface area (Å²) in [6.45, 7) is 7.66. The Labute approximate surface area is 145 Å². The zero-order chi connectivity index (χ0) is 17.5. The first-order valence-corrected chi connectivity index (χ1v) is 9.19. The summed E-state index contributed by atoms with van der Waals surface area (Å²) in [7, 11) is 0. The number of hydrogen-bond donors (Lipinski definition) is 1. The van der Waals surface area contributed by atoms with E-state index in [9.17, 15) is 14.7 Å². The van der Waals surface area contributed by atoms with E-state index in [-0.39, 0.29) is 11.7 Å². The van der Waals surface area contributed by atoms with Crippen LogP contribution in [0, 0.1) is 5.41 Å². The predicted octanol–water partition coefficient (Wildman–Crippen LogP) is 3.59. The number of ketones is 1. The van der Waals surface area contributed by atoms with E-state index < -0.39 is 5.41 Å². The Balaban J connectivity index is 2.12. The van der Waals surface area contributed by atoms with Gasteiger partial charge in [0, 0.05) is 24.1 Å². The Morgan fingerprint density at radius 2 is 2.04 bits per heavy atom. The lowest BCUT2D eigenvalue weighted by molar-refractivity contribution is 0.0796. The number of thiophene rings is 1. The first kappa shape index (κ1) is 17.0. The maximum atomic E-state index is 12.9. The van der Waals surface area contributed by atoms with Crippen LogP contribution in [0.15, 0.2) is 11.8 Å². The average molecular weight is 349 g/mol. The molecule has 130 valence electrons. The smallest absolute Gasteiger partial charge is 0.264 e. The summed E-state index contributed by atoms with van der Waals surface area (Å²) < 4.78 is 5.65. The minimum absolute atomic E-state index is 0.000249. The molecule has 5 nitrogen and oxygen atoms in total. The third kappa shape index (κ3) is 2.62. The molecule has 1 N–H and O–H groups in total. The molecule has 0 radical (unpaired) electrons. The van der Waals surface area contributed by atoms with Crippen LogP contribution in [0.2, 0.25) is 0 Å². The number of aliphatic hydroxyl groups is 1. The van der Waals surface area contributed by atoms with Gasteiger partial charge in [-0.2, -0.15) is 0 Å². The number of carbonyl (C=O) groups is 2. The number of Topliss-reactive ketones (excluding diaryl/α,β-unsaturated/α-hetero) is 1. The first-order valence-electron chi connectivity index (χ1n) is 8.38. The number of fused-ring (bicyclic) bond motifs is 1. The van der Waals surface area contributed by atoms with Crippen LogP contribution in [0.4, 0.5) is 0 Å². The van der Waals surface area contributed by atoms with Gasteiger partial charge in [-0.05, 0) is 31.7 Å². The van der Waals surface area contributed by atoms with Crippen LogP contribution in [0.5, 0.6) is 5.06 Å². The fourth-order valence-electron chi connectivity index (χ4n) is 3.52. The zero-order valence-corrected chi connectivity index (χ0v) is 15.2. The molecule has 1 fully saturated rings. The van der Waals surface area contributed by atoms with E-state index in [1.807, 2.05) is 25.7 Å². The number of likely N-dealkylation sites (tertiary alicyclic amines) is 1. The van der Waals surface area contributed by atoms with E-state index in [4.69, 9.17) is 4.74 Å². The number of allylic oxidation sites excluding steroid dienone is 1. The molecule has 1 aromatic rings. The van der Waals surface area contributed by atoms with E-state index in [0.29, 0.717) is 34.1 Å². The minimum atomic E-state index is -0.510. The summed E-state index contributed by atoms with van der Waals surface area (Å²) in [5, 5.41) is 10.0. The zero-order valence-electron chi connectivity index (χ0n) is 14.3. The van der Waals surface area contributed by atoms with Gasteiger partial charge >= 0.3 is 0 Å². The van der Waals surface area contributed by atoms with Gasteiger partial charge in [-0.15, -0.1) is 0 Å². The second-order valence-electron chi connectivity index (χ2n) is 6.94. The molecule has 6 heteroatoms. The lowest BCUT2D eigenvalue weighted by atomic mass is 9.70. The highest BCUT2D eigenvalue weighted by Gasteiger charge is 2.42. The summed E-state index contributed by atoms with van der Waals surface area (Å²) in [6.07, 6.45) is 3.50. The summed E-state index contributed by atoms with van der Waals surface area (Å²) >= 11 is 1.27. The van der Waals surface area contributed by atoms with Crippen molar-refractivity contribution in [2.45, 2.75) is 40.0 Å². The summed E-state index contributed by atoms with van der Waals surface area (Å²) in [5.74, 6) is -0.233. The number of hydrogen-bond acceptors (Lipinski definition) is 5. The maximum Gasteiger partial charge on any atom is 0.264 e. The van der Waals surface area contributed by atoms with Gasteiger partial charge in [0.05, 0.1) is 23.3 Å². The molecule has 1 aliphatic carbocycles. The fraction of sp³-hybridized carbons (Fsp3) is 0.556. The maximum absolute atomic E-state index is 12.9. The van der Waals surface area contributed by atoms with Gasteiger partial charge in [0.25, 0.3) is 5.91 Å². The van der Waals surface area contributed by atoms with Crippen molar-refractivity contribution in [2.75, 3.05) is 19.7 Å². The third-order valence-corrected chi connectivity index (χ3v) is 5.92. The molecule has 0 aromatic carbocycles. The largest absolute Gasteiger partial charge is 0.515 e. The van der Waals surface area contributed by atoms with Crippen molar-refractivity contribution >= 4 is 23.0 Å². The number of rotatable bonds is 3. The third-order valence-electron chi connectivity index (χ3n) is 4.79. The fourth-order valence-corrected chi connectivity index (χ4v) is 4.72. The quantitative estimate of drug-likeness (QED) is 0.669. The molecule has 1 saturated heterocycles. The molecule has 0 spiro atoms. The summed E-state index contributed by atoms with van der Waals surface area (Å²) in [4.78, 5) is 28.3. The van der Waals surface area contributed by atoms with Crippen molar-refractivity contribution in [2.24, 2.45) is 5.41 Å². The Bertz CT molecular complexity index is 711. The van der Waals surface area contributed by atoms with Crippen molar-refractivity contribution in [3.8, 4) is 5.06 Å². The van der Waals surface area contributed by atoms with Gasteiger partial charge in [0.1, 0.15) is 0 Å². The summed E-state index contributed by atoms with van der Waals surface area (Å²) in [6, 6.07) is 0. The van der Waals surface area contributed by atoms with E-state index in [1.165, 1.54) is 11.3 Å². The van der Waals surface area contributed by atoms with Crippen LogP contribution in [0.25, 0.3) is 0 Å². The molecule has 1 aliphatic heterocycles. The second-order valence-corrected chi connectivity index (χ2v) is 7.92. The Morgan fingerprint density at radius 3 is 2.62 bits per heavy atom. The average Bonchev–Trinajstić information content (AvgIpc) is 3.15. The molecule has 1 aromatic heterocycles. The SMILES string of the molecule is CCOc1sc(C(=O)N2CCCC2)c2c1C(=O)C(=CO)C(C)(C)C2. The number of ether oxygens (including phenoxy) is 1. The van der Waals surface area contributed by atoms with Gasteiger partial charge in [0.15, 0.2) is 10.8 Å². The molecule has 0 bridgehead atoms. The minimum Gasteiger partial charge on any atom is -0.515 e. The van der Waals surface area contributed by atoms with E-state index in [1.54, 1.807) is 0 Å². The molecule has 3 rings (SSSR count).